The molecule has 0 radical (unpaired) electrons. The van der Waals surface area contributed by atoms with E-state index in [0.717, 1.165) is 26.3 Å². The summed E-state index contributed by atoms with van der Waals surface area (Å²) in [5.74, 6) is 0. The first kappa shape index (κ1) is 9.11. The maximum absolute atomic E-state index is 5.14. The highest BCUT2D eigenvalue weighted by Gasteiger charge is 2.07. The summed E-state index contributed by atoms with van der Waals surface area (Å²) in [4.78, 5) is 0. The van der Waals surface area contributed by atoms with Gasteiger partial charge in [0.1, 0.15) is 19.4 Å². The van der Waals surface area contributed by atoms with Crippen molar-refractivity contribution in [2.45, 2.75) is 6.92 Å². The number of rotatable bonds is 0. The highest BCUT2D eigenvalue weighted by molar-refractivity contribution is 5.46. The lowest BCUT2D eigenvalue weighted by Gasteiger charge is -2.09. The Balaban J connectivity index is 0.000000640. The molecular formula is C6H12BrNO. The quantitative estimate of drug-likeness (QED) is 0.377. The molecule has 9 heavy (non-hydrogen) atoms. The summed E-state index contributed by atoms with van der Waals surface area (Å²) in [7, 11) is 0. The molecule has 0 amide bonds. The SMILES string of the molecule is CC=[N+]1CCOCC1.[Br-]. The number of morpholine rings is 1. The molecule has 0 spiro atoms. The topological polar surface area (TPSA) is 12.2 Å². The van der Waals surface area contributed by atoms with Crippen LogP contribution in [0.3, 0.4) is 0 Å². The van der Waals surface area contributed by atoms with Gasteiger partial charge in [0.25, 0.3) is 0 Å². The van der Waals surface area contributed by atoms with Crippen LogP contribution in [0, 0.1) is 0 Å². The monoisotopic (exact) mass is 193 g/mol. The first-order valence-corrected chi connectivity index (χ1v) is 3.05. The molecule has 1 fully saturated rings. The van der Waals surface area contributed by atoms with Gasteiger partial charge in [0.2, 0.25) is 0 Å². The Morgan fingerprint density at radius 3 is 2.22 bits per heavy atom. The van der Waals surface area contributed by atoms with Gasteiger partial charge >= 0.3 is 0 Å². The van der Waals surface area contributed by atoms with Crippen molar-refractivity contribution in [1.29, 1.82) is 0 Å². The molecule has 0 atom stereocenters. The fourth-order valence-electron chi connectivity index (χ4n) is 0.836. The van der Waals surface area contributed by atoms with E-state index in [1.165, 1.54) is 0 Å². The van der Waals surface area contributed by atoms with Crippen molar-refractivity contribution in [2.24, 2.45) is 0 Å². The number of nitrogens with zero attached hydrogens (tertiary/aromatic N) is 1. The lowest BCUT2D eigenvalue weighted by atomic mass is 10.5. The minimum Gasteiger partial charge on any atom is -1.00 e. The second-order valence-corrected chi connectivity index (χ2v) is 1.91. The van der Waals surface area contributed by atoms with Crippen molar-refractivity contribution < 1.29 is 26.3 Å². The molecule has 0 aromatic carbocycles. The number of halogens is 1. The molecule has 54 valence electrons. The van der Waals surface area contributed by atoms with Crippen molar-refractivity contribution in [2.75, 3.05) is 26.3 Å². The van der Waals surface area contributed by atoms with E-state index >= 15 is 0 Å². The zero-order chi connectivity index (χ0) is 5.82. The maximum Gasteiger partial charge on any atom is 0.165 e. The van der Waals surface area contributed by atoms with Crippen LogP contribution in [0.25, 0.3) is 0 Å². The molecule has 0 aliphatic carbocycles. The molecule has 1 heterocycles. The van der Waals surface area contributed by atoms with Crippen LogP contribution < -0.4 is 17.0 Å². The van der Waals surface area contributed by atoms with Crippen LogP contribution in [0.15, 0.2) is 0 Å². The highest BCUT2D eigenvalue weighted by atomic mass is 79.9. The predicted octanol–water partition coefficient (Wildman–Crippen LogP) is -2.88. The van der Waals surface area contributed by atoms with Crippen molar-refractivity contribution in [1.82, 2.24) is 0 Å². The fraction of sp³-hybridized carbons (Fsp3) is 0.833. The van der Waals surface area contributed by atoms with Crippen LogP contribution in [0.4, 0.5) is 0 Å². The van der Waals surface area contributed by atoms with Gasteiger partial charge in [0.05, 0.1) is 0 Å². The molecule has 0 saturated carbocycles. The summed E-state index contributed by atoms with van der Waals surface area (Å²) in [6.07, 6.45) is 2.11. The number of hydrogen-bond acceptors (Lipinski definition) is 1. The van der Waals surface area contributed by atoms with Crippen molar-refractivity contribution >= 4 is 6.21 Å². The summed E-state index contributed by atoms with van der Waals surface area (Å²) in [6.45, 7) is 5.98. The molecule has 0 N–H and O–H groups in total. The van der Waals surface area contributed by atoms with Gasteiger partial charge in [-0.3, -0.25) is 0 Å². The van der Waals surface area contributed by atoms with Crippen LogP contribution in [-0.4, -0.2) is 37.1 Å². The molecular weight excluding hydrogens is 182 g/mol. The Hall–Kier alpha value is 0.110. The van der Waals surface area contributed by atoms with E-state index in [4.69, 9.17) is 4.74 Å². The maximum atomic E-state index is 5.14. The third kappa shape index (κ3) is 2.96. The minimum absolute atomic E-state index is 0. The highest BCUT2D eigenvalue weighted by Crippen LogP contribution is 1.86. The van der Waals surface area contributed by atoms with E-state index < -0.39 is 0 Å². The van der Waals surface area contributed by atoms with Crippen molar-refractivity contribution in [3.05, 3.63) is 0 Å². The number of ether oxygens (including phenoxy) is 1. The van der Waals surface area contributed by atoms with Gasteiger partial charge in [0.15, 0.2) is 13.1 Å². The second kappa shape index (κ2) is 4.94. The molecule has 0 aromatic rings. The smallest absolute Gasteiger partial charge is 0.165 e. The van der Waals surface area contributed by atoms with Gasteiger partial charge in [-0.2, -0.15) is 0 Å². The summed E-state index contributed by atoms with van der Waals surface area (Å²) >= 11 is 0. The standard InChI is InChI=1S/C6H12NO.BrH/c1-2-7-3-5-8-6-4-7;/h2H,3-6H2,1H3;1H/q+1;/p-1. The Bertz CT molecular complexity index is 95.2. The summed E-state index contributed by atoms with van der Waals surface area (Å²) in [6, 6.07) is 0. The van der Waals surface area contributed by atoms with E-state index in [9.17, 15) is 0 Å². The van der Waals surface area contributed by atoms with Crippen LogP contribution in [0.1, 0.15) is 6.92 Å². The molecule has 1 aliphatic rings. The van der Waals surface area contributed by atoms with Gasteiger partial charge in [0, 0.05) is 6.92 Å². The van der Waals surface area contributed by atoms with Gasteiger partial charge in [-0.1, -0.05) is 0 Å². The first-order chi connectivity index (χ1) is 3.93. The van der Waals surface area contributed by atoms with E-state index in [2.05, 4.69) is 17.7 Å². The van der Waals surface area contributed by atoms with Crippen molar-refractivity contribution in [3.8, 4) is 0 Å². The summed E-state index contributed by atoms with van der Waals surface area (Å²) in [5, 5.41) is 0. The first-order valence-electron chi connectivity index (χ1n) is 3.05. The summed E-state index contributed by atoms with van der Waals surface area (Å²) in [5.41, 5.74) is 0. The molecule has 0 aromatic heterocycles. The van der Waals surface area contributed by atoms with E-state index in [0.29, 0.717) is 0 Å². The number of hydrogen-bond donors (Lipinski definition) is 0. The average Bonchev–Trinajstić information content (AvgIpc) is 1.90. The van der Waals surface area contributed by atoms with Gasteiger partial charge < -0.3 is 21.7 Å². The lowest BCUT2D eigenvalue weighted by Crippen LogP contribution is -3.00. The van der Waals surface area contributed by atoms with Crippen molar-refractivity contribution in [3.63, 3.8) is 0 Å². The molecule has 1 aliphatic heterocycles. The minimum atomic E-state index is 0. The Kier molecular flexibility index (Phi) is 5.00. The Morgan fingerprint density at radius 2 is 1.89 bits per heavy atom. The normalized spacial score (nSPS) is 18.6. The zero-order valence-corrected chi connectivity index (χ0v) is 7.23. The van der Waals surface area contributed by atoms with E-state index in [-0.39, 0.29) is 17.0 Å². The predicted molar refractivity (Wildman–Crippen MR) is 32.6 cm³/mol. The van der Waals surface area contributed by atoms with E-state index in [1.54, 1.807) is 0 Å². The van der Waals surface area contributed by atoms with Crippen LogP contribution in [0.2, 0.25) is 0 Å². The fourth-order valence-corrected chi connectivity index (χ4v) is 0.836. The van der Waals surface area contributed by atoms with Gasteiger partial charge in [-0.25, -0.2) is 4.58 Å². The third-order valence-corrected chi connectivity index (χ3v) is 1.41. The third-order valence-electron chi connectivity index (χ3n) is 1.41. The largest absolute Gasteiger partial charge is 1.00 e. The molecule has 2 nitrogen and oxygen atoms in total. The molecule has 1 saturated heterocycles. The second-order valence-electron chi connectivity index (χ2n) is 1.91. The molecule has 3 heteroatoms. The zero-order valence-electron chi connectivity index (χ0n) is 5.64. The van der Waals surface area contributed by atoms with E-state index in [1.807, 2.05) is 0 Å². The van der Waals surface area contributed by atoms with Gasteiger partial charge in [-0.15, -0.1) is 0 Å². The van der Waals surface area contributed by atoms with Gasteiger partial charge in [-0.05, 0) is 0 Å². The molecule has 0 unspecified atom stereocenters. The molecule has 1 rings (SSSR count). The van der Waals surface area contributed by atoms with Crippen LogP contribution >= 0.6 is 0 Å². The summed E-state index contributed by atoms with van der Waals surface area (Å²) < 4.78 is 7.41. The Morgan fingerprint density at radius 1 is 1.33 bits per heavy atom. The Labute approximate surface area is 66.3 Å². The lowest BCUT2D eigenvalue weighted by molar-refractivity contribution is -0.545. The molecule has 0 bridgehead atoms. The van der Waals surface area contributed by atoms with Crippen LogP contribution in [-0.2, 0) is 4.74 Å². The van der Waals surface area contributed by atoms with Crippen LogP contribution in [0.5, 0.6) is 0 Å². The average molecular weight is 194 g/mol.